The average molecular weight is 374 g/mol. The van der Waals surface area contributed by atoms with E-state index in [0.29, 0.717) is 26.0 Å². The molecule has 1 aromatic rings. The number of nitrogens with zero attached hydrogens (tertiary/aromatic N) is 1. The van der Waals surface area contributed by atoms with Crippen molar-refractivity contribution in [2.24, 2.45) is 0 Å². The molecule has 1 fully saturated rings. The molecule has 8 nitrogen and oxygen atoms in total. The van der Waals surface area contributed by atoms with Crippen LogP contribution in [0.4, 0.5) is 4.79 Å². The SMILES string of the molecule is CCO[C@H]1OC(=O)C=C1NC(=O)[C@H]1CCCN1C(=O)OCc1ccccc1. The molecule has 0 aliphatic carbocycles. The van der Waals surface area contributed by atoms with Gasteiger partial charge in [-0.1, -0.05) is 30.3 Å². The number of cyclic esters (lactones) is 1. The number of benzene rings is 1. The summed E-state index contributed by atoms with van der Waals surface area (Å²) in [4.78, 5) is 37.8. The van der Waals surface area contributed by atoms with Crippen molar-refractivity contribution in [1.29, 1.82) is 0 Å². The molecule has 0 bridgehead atoms. The van der Waals surface area contributed by atoms with Crippen LogP contribution in [-0.2, 0) is 30.4 Å². The van der Waals surface area contributed by atoms with Gasteiger partial charge in [0.1, 0.15) is 12.6 Å². The lowest BCUT2D eigenvalue weighted by atomic mass is 10.2. The molecule has 0 saturated carbocycles. The van der Waals surface area contributed by atoms with Crippen molar-refractivity contribution in [3.05, 3.63) is 47.7 Å². The standard InChI is InChI=1S/C19H22N2O6/c1-2-25-18-14(11-16(22)27-18)20-17(23)15-9-6-10-21(15)19(24)26-12-13-7-4-3-5-8-13/h3-5,7-8,11,15,18H,2,6,9-10,12H2,1H3,(H,20,23)/t15-,18+/m1/s1. The van der Waals surface area contributed by atoms with Crippen molar-refractivity contribution in [1.82, 2.24) is 10.2 Å². The van der Waals surface area contributed by atoms with Crippen LogP contribution in [0, 0.1) is 0 Å². The van der Waals surface area contributed by atoms with Gasteiger partial charge in [-0.05, 0) is 25.3 Å². The second-order valence-electron chi connectivity index (χ2n) is 6.20. The first-order valence-corrected chi connectivity index (χ1v) is 8.90. The lowest BCUT2D eigenvalue weighted by molar-refractivity contribution is -0.159. The Morgan fingerprint density at radius 1 is 1.30 bits per heavy atom. The predicted molar refractivity (Wildman–Crippen MR) is 94.1 cm³/mol. The first-order valence-electron chi connectivity index (χ1n) is 8.90. The van der Waals surface area contributed by atoms with Crippen molar-refractivity contribution in [2.75, 3.05) is 13.2 Å². The summed E-state index contributed by atoms with van der Waals surface area (Å²) in [5.41, 5.74) is 1.12. The number of hydrogen-bond acceptors (Lipinski definition) is 6. The number of likely N-dealkylation sites (tertiary alicyclic amines) is 1. The molecule has 0 spiro atoms. The molecular formula is C19H22N2O6. The van der Waals surface area contributed by atoms with Crippen molar-refractivity contribution < 1.29 is 28.6 Å². The zero-order valence-electron chi connectivity index (χ0n) is 15.1. The number of esters is 1. The van der Waals surface area contributed by atoms with Gasteiger partial charge in [-0.2, -0.15) is 0 Å². The number of nitrogens with one attached hydrogen (secondary N) is 1. The van der Waals surface area contributed by atoms with E-state index < -0.39 is 30.3 Å². The predicted octanol–water partition coefficient (Wildman–Crippen LogP) is 1.71. The van der Waals surface area contributed by atoms with Crippen molar-refractivity contribution >= 4 is 18.0 Å². The first-order chi connectivity index (χ1) is 13.1. The second-order valence-corrected chi connectivity index (χ2v) is 6.20. The van der Waals surface area contributed by atoms with E-state index in [1.807, 2.05) is 30.3 Å². The quantitative estimate of drug-likeness (QED) is 0.762. The summed E-state index contributed by atoms with van der Waals surface area (Å²) in [5, 5.41) is 2.65. The molecule has 2 amide bonds. The van der Waals surface area contributed by atoms with E-state index in [1.54, 1.807) is 6.92 Å². The van der Waals surface area contributed by atoms with E-state index in [-0.39, 0.29) is 12.3 Å². The Labute approximate surface area is 157 Å². The highest BCUT2D eigenvalue weighted by atomic mass is 16.7. The largest absolute Gasteiger partial charge is 0.445 e. The highest BCUT2D eigenvalue weighted by molar-refractivity contribution is 5.91. The molecule has 1 saturated heterocycles. The third-order valence-corrected chi connectivity index (χ3v) is 4.33. The van der Waals surface area contributed by atoms with Crippen LogP contribution in [0.15, 0.2) is 42.1 Å². The molecule has 3 rings (SSSR count). The Kier molecular flexibility index (Phi) is 6.08. The Morgan fingerprint density at radius 3 is 2.81 bits per heavy atom. The molecule has 2 atom stereocenters. The summed E-state index contributed by atoms with van der Waals surface area (Å²) in [6.45, 7) is 2.67. The molecule has 2 aliphatic heterocycles. The zero-order chi connectivity index (χ0) is 19.2. The van der Waals surface area contributed by atoms with E-state index >= 15 is 0 Å². The molecule has 8 heteroatoms. The number of carbonyl (C=O) groups is 3. The molecule has 27 heavy (non-hydrogen) atoms. The first kappa shape index (κ1) is 18.9. The van der Waals surface area contributed by atoms with Crippen molar-refractivity contribution in [2.45, 2.75) is 38.7 Å². The molecule has 0 aromatic heterocycles. The van der Waals surface area contributed by atoms with Crippen LogP contribution in [0.5, 0.6) is 0 Å². The van der Waals surface area contributed by atoms with Gasteiger partial charge in [0, 0.05) is 19.2 Å². The number of amides is 2. The van der Waals surface area contributed by atoms with Crippen molar-refractivity contribution in [3.8, 4) is 0 Å². The number of ether oxygens (including phenoxy) is 3. The zero-order valence-corrected chi connectivity index (χ0v) is 15.1. The summed E-state index contributed by atoms with van der Waals surface area (Å²) >= 11 is 0. The minimum atomic E-state index is -0.925. The molecule has 1 N–H and O–H groups in total. The fraction of sp³-hybridized carbons (Fsp3) is 0.421. The van der Waals surface area contributed by atoms with Crippen LogP contribution < -0.4 is 5.32 Å². The highest BCUT2D eigenvalue weighted by Crippen LogP contribution is 2.21. The molecule has 2 aliphatic rings. The molecule has 2 heterocycles. The number of hydrogen-bond donors (Lipinski definition) is 1. The van der Waals surface area contributed by atoms with Gasteiger partial charge in [-0.15, -0.1) is 0 Å². The van der Waals surface area contributed by atoms with Gasteiger partial charge in [-0.3, -0.25) is 9.69 Å². The van der Waals surface area contributed by atoms with E-state index in [1.165, 1.54) is 11.0 Å². The van der Waals surface area contributed by atoms with Crippen molar-refractivity contribution in [3.63, 3.8) is 0 Å². The fourth-order valence-electron chi connectivity index (χ4n) is 3.05. The smallest absolute Gasteiger partial charge is 0.410 e. The molecule has 144 valence electrons. The van der Waals surface area contributed by atoms with Gasteiger partial charge in [0.15, 0.2) is 0 Å². The van der Waals surface area contributed by atoms with Crippen LogP contribution >= 0.6 is 0 Å². The summed E-state index contributed by atoms with van der Waals surface area (Å²) in [7, 11) is 0. The van der Waals surface area contributed by atoms with Gasteiger partial charge in [0.2, 0.25) is 12.2 Å². The Hall–Kier alpha value is -2.87. The van der Waals surface area contributed by atoms with E-state index in [9.17, 15) is 14.4 Å². The van der Waals surface area contributed by atoms with E-state index in [0.717, 1.165) is 5.56 Å². The van der Waals surface area contributed by atoms with E-state index in [4.69, 9.17) is 14.2 Å². The van der Waals surface area contributed by atoms with Crippen LogP contribution in [0.1, 0.15) is 25.3 Å². The maximum atomic E-state index is 12.6. The number of rotatable bonds is 6. The monoisotopic (exact) mass is 374 g/mol. The van der Waals surface area contributed by atoms with E-state index in [2.05, 4.69) is 5.32 Å². The lowest BCUT2D eigenvalue weighted by Gasteiger charge is -2.24. The molecule has 0 unspecified atom stereocenters. The summed E-state index contributed by atoms with van der Waals surface area (Å²) < 4.78 is 15.6. The van der Waals surface area contributed by atoms with Gasteiger partial charge < -0.3 is 19.5 Å². The summed E-state index contributed by atoms with van der Waals surface area (Å²) in [5.74, 6) is -0.965. The Balaban J connectivity index is 1.58. The lowest BCUT2D eigenvalue weighted by Crippen LogP contribution is -2.46. The van der Waals surface area contributed by atoms with Crippen LogP contribution in [0.3, 0.4) is 0 Å². The Bertz CT molecular complexity index is 733. The third kappa shape index (κ3) is 4.65. The van der Waals surface area contributed by atoms with Gasteiger partial charge in [-0.25, -0.2) is 9.59 Å². The van der Waals surface area contributed by atoms with Crippen LogP contribution in [-0.4, -0.2) is 48.4 Å². The van der Waals surface area contributed by atoms with Gasteiger partial charge in [0.25, 0.3) is 0 Å². The molecular weight excluding hydrogens is 352 g/mol. The van der Waals surface area contributed by atoms with Gasteiger partial charge in [0.05, 0.1) is 5.70 Å². The minimum Gasteiger partial charge on any atom is -0.445 e. The molecule has 1 aromatic carbocycles. The minimum absolute atomic E-state index is 0.143. The Morgan fingerprint density at radius 2 is 2.07 bits per heavy atom. The van der Waals surface area contributed by atoms with Crippen LogP contribution in [0.25, 0.3) is 0 Å². The summed E-state index contributed by atoms with van der Waals surface area (Å²) in [6, 6.07) is 8.67. The third-order valence-electron chi connectivity index (χ3n) is 4.33. The van der Waals surface area contributed by atoms with Crippen LogP contribution in [0.2, 0.25) is 0 Å². The fourth-order valence-corrected chi connectivity index (χ4v) is 3.05. The molecule has 0 radical (unpaired) electrons. The second kappa shape index (κ2) is 8.68. The average Bonchev–Trinajstić information content (AvgIpc) is 3.28. The van der Waals surface area contributed by atoms with Gasteiger partial charge >= 0.3 is 12.1 Å². The maximum Gasteiger partial charge on any atom is 0.410 e. The summed E-state index contributed by atoms with van der Waals surface area (Å²) in [6.07, 6.45) is 0.942. The highest BCUT2D eigenvalue weighted by Gasteiger charge is 2.37. The topological polar surface area (TPSA) is 94.2 Å². The number of carbonyl (C=O) groups excluding carboxylic acids is 3. The normalized spacial score (nSPS) is 21.6. The maximum absolute atomic E-state index is 12.6.